The van der Waals surface area contributed by atoms with Gasteiger partial charge in [0.05, 0.1) is 9.75 Å². The molecule has 0 unspecified atom stereocenters. The Balaban J connectivity index is 0.00000220. The van der Waals surface area contributed by atoms with Crippen LogP contribution in [0.5, 0.6) is 0 Å². The monoisotopic (exact) mass is 387 g/mol. The number of nitrogens with zero attached hydrogens (tertiary/aromatic N) is 2. The largest absolute Gasteiger partial charge is 0.340 e. The first-order valence-electron chi connectivity index (χ1n) is 6.88. The van der Waals surface area contributed by atoms with E-state index in [4.69, 9.17) is 17.3 Å². The smallest absolute Gasteiger partial charge is 0.229 e. The van der Waals surface area contributed by atoms with E-state index in [2.05, 4.69) is 11.0 Å². The highest BCUT2D eigenvalue weighted by Crippen LogP contribution is 2.24. The Bertz CT molecular complexity index is 474. The van der Waals surface area contributed by atoms with E-state index in [1.54, 1.807) is 11.3 Å². The van der Waals surface area contributed by atoms with Crippen molar-refractivity contribution in [3.05, 3.63) is 21.3 Å². The summed E-state index contributed by atoms with van der Waals surface area (Å²) in [6.45, 7) is 8.50. The lowest BCUT2D eigenvalue weighted by molar-refractivity contribution is -0.141. The number of nitrogens with two attached hydrogens (primary N) is 1. The number of thiophene rings is 1. The van der Waals surface area contributed by atoms with Gasteiger partial charge in [-0.1, -0.05) is 11.6 Å². The number of amides is 1. The molecule has 0 bridgehead atoms. The van der Waals surface area contributed by atoms with E-state index >= 15 is 0 Å². The van der Waals surface area contributed by atoms with Gasteiger partial charge in [-0.05, 0) is 26.0 Å². The molecule has 1 fully saturated rings. The fourth-order valence-corrected chi connectivity index (χ4v) is 3.41. The van der Waals surface area contributed by atoms with Crippen LogP contribution < -0.4 is 5.73 Å². The van der Waals surface area contributed by atoms with Gasteiger partial charge in [0.15, 0.2) is 0 Å². The summed E-state index contributed by atoms with van der Waals surface area (Å²) in [6.07, 6.45) is 0. The molecule has 0 aliphatic carbocycles. The molecule has 2 rings (SSSR count). The maximum atomic E-state index is 12.3. The Morgan fingerprint density at radius 2 is 1.86 bits per heavy atom. The van der Waals surface area contributed by atoms with Crippen molar-refractivity contribution in [2.75, 3.05) is 32.7 Å². The molecule has 1 aromatic rings. The van der Waals surface area contributed by atoms with E-state index < -0.39 is 5.41 Å². The second-order valence-electron chi connectivity index (χ2n) is 5.86. The van der Waals surface area contributed by atoms with Crippen molar-refractivity contribution in [3.63, 3.8) is 0 Å². The SMILES string of the molecule is CC(C)(CN)C(=O)N1CCN(Cc2ccc(Cl)s2)CC1.Cl.Cl. The second kappa shape index (κ2) is 9.30. The molecule has 2 heterocycles. The minimum atomic E-state index is -0.455. The average Bonchev–Trinajstić information content (AvgIpc) is 2.84. The van der Waals surface area contributed by atoms with Crippen LogP contribution in [0.3, 0.4) is 0 Å². The molecule has 1 aromatic heterocycles. The van der Waals surface area contributed by atoms with Crippen LogP contribution in [0.15, 0.2) is 12.1 Å². The Hall–Kier alpha value is -0.0400. The van der Waals surface area contributed by atoms with E-state index in [0.717, 1.165) is 37.1 Å². The summed E-state index contributed by atoms with van der Waals surface area (Å²) in [5, 5.41) is 0. The fourth-order valence-electron chi connectivity index (χ4n) is 2.28. The maximum absolute atomic E-state index is 12.3. The third-order valence-electron chi connectivity index (χ3n) is 3.76. The first-order chi connectivity index (χ1) is 9.42. The van der Waals surface area contributed by atoms with Gasteiger partial charge in [0.2, 0.25) is 5.91 Å². The molecule has 1 amide bonds. The number of rotatable bonds is 4. The van der Waals surface area contributed by atoms with Crippen LogP contribution in [0.1, 0.15) is 18.7 Å². The number of hydrogen-bond acceptors (Lipinski definition) is 4. The zero-order valence-corrected chi connectivity index (χ0v) is 16.1. The lowest BCUT2D eigenvalue weighted by atomic mass is 9.91. The third-order valence-corrected chi connectivity index (χ3v) is 4.97. The van der Waals surface area contributed by atoms with Gasteiger partial charge in [-0.25, -0.2) is 0 Å². The summed E-state index contributed by atoms with van der Waals surface area (Å²) >= 11 is 7.57. The molecule has 1 saturated heterocycles. The number of halogens is 3. The van der Waals surface area contributed by atoms with Crippen molar-refractivity contribution in [1.29, 1.82) is 0 Å². The zero-order valence-electron chi connectivity index (χ0n) is 12.9. The molecule has 0 spiro atoms. The summed E-state index contributed by atoms with van der Waals surface area (Å²) in [5.74, 6) is 0.166. The van der Waals surface area contributed by atoms with Crippen molar-refractivity contribution < 1.29 is 4.79 Å². The van der Waals surface area contributed by atoms with Crippen LogP contribution in [0.25, 0.3) is 0 Å². The van der Waals surface area contributed by atoms with E-state index in [-0.39, 0.29) is 30.7 Å². The molecular weight excluding hydrogens is 365 g/mol. The highest BCUT2D eigenvalue weighted by atomic mass is 35.5. The van der Waals surface area contributed by atoms with Crippen LogP contribution in [0, 0.1) is 5.41 Å². The first-order valence-corrected chi connectivity index (χ1v) is 8.08. The second-order valence-corrected chi connectivity index (χ2v) is 7.66. The molecular formula is C14H24Cl3N3OS. The number of hydrogen-bond donors (Lipinski definition) is 1. The predicted molar refractivity (Wildman–Crippen MR) is 98.5 cm³/mol. The van der Waals surface area contributed by atoms with Crippen LogP contribution in [0.4, 0.5) is 0 Å². The lowest BCUT2D eigenvalue weighted by Gasteiger charge is -2.38. The number of carbonyl (C=O) groups excluding carboxylic acids is 1. The minimum absolute atomic E-state index is 0. The van der Waals surface area contributed by atoms with E-state index in [9.17, 15) is 4.79 Å². The molecule has 128 valence electrons. The van der Waals surface area contributed by atoms with Gasteiger partial charge in [-0.3, -0.25) is 9.69 Å². The molecule has 0 atom stereocenters. The van der Waals surface area contributed by atoms with Gasteiger partial charge in [-0.2, -0.15) is 0 Å². The molecule has 2 N–H and O–H groups in total. The summed E-state index contributed by atoms with van der Waals surface area (Å²) in [6, 6.07) is 4.01. The molecule has 0 saturated carbocycles. The van der Waals surface area contributed by atoms with Crippen molar-refractivity contribution in [2.24, 2.45) is 11.1 Å². The highest BCUT2D eigenvalue weighted by molar-refractivity contribution is 7.16. The van der Waals surface area contributed by atoms with Gasteiger partial charge in [0, 0.05) is 44.1 Å². The van der Waals surface area contributed by atoms with Gasteiger partial charge in [-0.15, -0.1) is 36.2 Å². The van der Waals surface area contributed by atoms with Gasteiger partial charge in [0.1, 0.15) is 0 Å². The Kier molecular flexibility index (Phi) is 9.29. The van der Waals surface area contributed by atoms with Crippen LogP contribution in [-0.4, -0.2) is 48.4 Å². The van der Waals surface area contributed by atoms with Gasteiger partial charge < -0.3 is 10.6 Å². The Morgan fingerprint density at radius 1 is 1.27 bits per heavy atom. The van der Waals surface area contributed by atoms with Gasteiger partial charge >= 0.3 is 0 Å². The topological polar surface area (TPSA) is 49.6 Å². The van der Waals surface area contributed by atoms with Crippen LogP contribution >= 0.6 is 47.8 Å². The molecule has 0 aromatic carbocycles. The summed E-state index contributed by atoms with van der Waals surface area (Å²) < 4.78 is 0.832. The third kappa shape index (κ3) is 5.55. The van der Waals surface area contributed by atoms with Crippen molar-refractivity contribution in [3.8, 4) is 0 Å². The Morgan fingerprint density at radius 3 is 2.32 bits per heavy atom. The fraction of sp³-hybridized carbons (Fsp3) is 0.643. The van der Waals surface area contributed by atoms with Crippen molar-refractivity contribution in [2.45, 2.75) is 20.4 Å². The molecule has 1 aliphatic rings. The lowest BCUT2D eigenvalue weighted by Crippen LogP contribution is -2.53. The molecule has 4 nitrogen and oxygen atoms in total. The number of piperazine rings is 1. The van der Waals surface area contributed by atoms with E-state index in [0.29, 0.717) is 6.54 Å². The zero-order chi connectivity index (χ0) is 14.8. The molecule has 22 heavy (non-hydrogen) atoms. The summed E-state index contributed by atoms with van der Waals surface area (Å²) in [5.41, 5.74) is 5.22. The van der Waals surface area contributed by atoms with Crippen LogP contribution in [-0.2, 0) is 11.3 Å². The maximum Gasteiger partial charge on any atom is 0.229 e. The molecule has 0 radical (unpaired) electrons. The summed E-state index contributed by atoms with van der Waals surface area (Å²) in [7, 11) is 0. The quantitative estimate of drug-likeness (QED) is 0.863. The first kappa shape index (κ1) is 22.0. The molecule has 8 heteroatoms. The summed E-state index contributed by atoms with van der Waals surface area (Å²) in [4.78, 5) is 17.9. The van der Waals surface area contributed by atoms with Crippen molar-refractivity contribution in [1.82, 2.24) is 9.80 Å². The van der Waals surface area contributed by atoms with Crippen LogP contribution in [0.2, 0.25) is 4.34 Å². The number of carbonyl (C=O) groups is 1. The standard InChI is InChI=1S/C14H22ClN3OS.2ClH/c1-14(2,10-16)13(19)18-7-5-17(6-8-18)9-11-3-4-12(15)20-11;;/h3-4H,5-10,16H2,1-2H3;2*1H. The highest BCUT2D eigenvalue weighted by Gasteiger charge is 2.32. The average molecular weight is 389 g/mol. The van der Waals surface area contributed by atoms with Crippen molar-refractivity contribution >= 4 is 53.7 Å². The normalized spacial score (nSPS) is 15.9. The van der Waals surface area contributed by atoms with Gasteiger partial charge in [0.25, 0.3) is 0 Å². The van der Waals surface area contributed by atoms with E-state index in [1.807, 2.05) is 24.8 Å². The Labute approximate surface area is 153 Å². The van der Waals surface area contributed by atoms with E-state index in [1.165, 1.54) is 4.88 Å². The minimum Gasteiger partial charge on any atom is -0.340 e. The predicted octanol–water partition coefficient (Wildman–Crippen LogP) is 2.87. The molecule has 1 aliphatic heterocycles.